The minimum Gasteiger partial charge on any atom is -0.480 e. The number of aliphatic hydroxyl groups excluding tert-OH is 2. The molecule has 3 atom stereocenters. The zero-order chi connectivity index (χ0) is 64.0. The number of hydrogen-bond acceptors (Lipinski definition) is 13. The number of alkyl halides is 6. The standard InChI is InChI=1S/C21H20Cl3NO4.2C19H19NO4.C2HF3O2.C2H6O.CH4/c1-2-18(19(26)29-12-21(22,23)24)25-20(27)28-11-17-15-9-5-3-7-13(15)14-8-4-6-10-16(14)17;1-12(22)18(10-21)20-19(23)24-11-17-15-8-4-2-6-13(15)14-7-3-5-9-16(14)17;1-2-17(18(21)22)20-19(23)24-11-16-14-9-5-3-7-12(14)13-8-4-6-10-15(13)16;3-2(4,5)1(6)7;1-2-3;/h3-10,17-18H,2,11-12H2,1H3,(H,25,27);2-9,17-18,21H,10-11H2,1H3,(H,20,23);3-10,16-17H,2,11H2,1H3,(H,20,23)(H,21,22);(H,6,7);3H,2H2,1H3;1H4/t2*18-;17-;;;/m000.../s1. The number of aliphatic hydroxyl groups is 2. The average Bonchev–Trinajstić information content (AvgIpc) is 1.91. The summed E-state index contributed by atoms with van der Waals surface area (Å²) in [5, 5.41) is 40.0. The molecule has 0 spiro atoms. The Kier molecular flexibility index (Phi) is 28.2. The van der Waals surface area contributed by atoms with E-state index in [1.807, 2.05) is 109 Å². The lowest BCUT2D eigenvalue weighted by atomic mass is 9.98. The molecule has 0 aliphatic heterocycles. The molecule has 0 fully saturated rings. The highest BCUT2D eigenvalue weighted by Gasteiger charge is 2.38. The van der Waals surface area contributed by atoms with Gasteiger partial charge in [0.1, 0.15) is 44.6 Å². The van der Waals surface area contributed by atoms with Gasteiger partial charge in [-0.05, 0) is 93.5 Å². The first-order valence-corrected chi connectivity index (χ1v) is 28.4. The van der Waals surface area contributed by atoms with Gasteiger partial charge in [0.15, 0.2) is 5.78 Å². The fourth-order valence-corrected chi connectivity index (χ4v) is 9.71. The Morgan fingerprint density at radius 3 is 0.943 bits per heavy atom. The van der Waals surface area contributed by atoms with Crippen LogP contribution in [0.1, 0.15) is 99.1 Å². The van der Waals surface area contributed by atoms with E-state index in [4.69, 9.17) is 79.0 Å². The number of rotatable bonds is 16. The van der Waals surface area contributed by atoms with Crippen molar-refractivity contribution in [1.82, 2.24) is 16.0 Å². The quantitative estimate of drug-likeness (QED) is 0.0270. The number of halogens is 6. The van der Waals surface area contributed by atoms with E-state index in [1.165, 1.54) is 6.92 Å². The van der Waals surface area contributed by atoms with Crippen molar-refractivity contribution in [3.8, 4) is 33.4 Å². The summed E-state index contributed by atoms with van der Waals surface area (Å²) < 4.78 is 51.0. The fraction of sp³-hybridized carbons (Fsp3) is 0.328. The zero-order valence-electron chi connectivity index (χ0n) is 47.5. The fourth-order valence-electron chi connectivity index (χ4n) is 9.54. The van der Waals surface area contributed by atoms with Crippen LogP contribution < -0.4 is 16.0 Å². The summed E-state index contributed by atoms with van der Waals surface area (Å²) in [4.78, 5) is 79.3. The predicted molar refractivity (Wildman–Crippen MR) is 326 cm³/mol. The van der Waals surface area contributed by atoms with Crippen LogP contribution in [0.15, 0.2) is 146 Å². The number of alkyl carbamates (subject to hydrolysis) is 3. The SMILES string of the molecule is C.CC(=O)[C@H](CO)NC(=O)OCC1c2ccccc2-c2ccccc21.CCO.CC[C@H](NC(=O)OCC1c2ccccc2-c2ccccc21)C(=O)O.CC[C@H](NC(=O)OCC1c2ccccc2-c2ccccc21)C(=O)OCC(Cl)(Cl)Cl.O=C(O)C(F)(F)F. The van der Waals surface area contributed by atoms with Crippen LogP contribution in [0.2, 0.25) is 0 Å². The summed E-state index contributed by atoms with van der Waals surface area (Å²) in [7, 11) is 0. The predicted octanol–water partition coefficient (Wildman–Crippen LogP) is 12.3. The van der Waals surface area contributed by atoms with E-state index in [-0.39, 0.29) is 57.4 Å². The number of ketones is 1. The minimum atomic E-state index is -5.08. The van der Waals surface area contributed by atoms with Gasteiger partial charge in [-0.25, -0.2) is 28.8 Å². The Bertz CT molecular complexity index is 3080. The number of fused-ring (bicyclic) bond motifs is 9. The van der Waals surface area contributed by atoms with Crippen LogP contribution in [0.5, 0.6) is 0 Å². The first-order valence-electron chi connectivity index (χ1n) is 27.2. The van der Waals surface area contributed by atoms with Crippen molar-refractivity contribution in [2.24, 2.45) is 0 Å². The molecular formula is C64H69Cl3F3N3O15. The van der Waals surface area contributed by atoms with E-state index < -0.39 is 77.5 Å². The molecule has 0 saturated carbocycles. The number of ether oxygens (including phenoxy) is 4. The molecule has 472 valence electrons. The molecule has 6 aromatic carbocycles. The molecule has 88 heavy (non-hydrogen) atoms. The second-order valence-electron chi connectivity index (χ2n) is 19.4. The number of carbonyl (C=O) groups excluding carboxylic acids is 5. The van der Waals surface area contributed by atoms with Crippen molar-refractivity contribution in [3.63, 3.8) is 0 Å². The van der Waals surface area contributed by atoms with E-state index >= 15 is 0 Å². The highest BCUT2D eigenvalue weighted by atomic mass is 35.6. The van der Waals surface area contributed by atoms with Crippen molar-refractivity contribution in [2.45, 2.75) is 93.8 Å². The van der Waals surface area contributed by atoms with Crippen LogP contribution in [0.3, 0.4) is 0 Å². The summed E-state index contributed by atoms with van der Waals surface area (Å²) in [5.41, 5.74) is 13.6. The van der Waals surface area contributed by atoms with E-state index in [1.54, 1.807) is 20.8 Å². The number of aliphatic carboxylic acids is 2. The monoisotopic (exact) mass is 1280 g/mol. The molecule has 3 aliphatic carbocycles. The van der Waals surface area contributed by atoms with Gasteiger partial charge in [-0.2, -0.15) is 13.2 Å². The van der Waals surface area contributed by atoms with Crippen LogP contribution >= 0.6 is 34.8 Å². The topological polar surface area (TPSA) is 273 Å². The Morgan fingerprint density at radius 1 is 0.477 bits per heavy atom. The number of carboxylic acids is 2. The average molecular weight is 1280 g/mol. The largest absolute Gasteiger partial charge is 0.490 e. The smallest absolute Gasteiger partial charge is 0.480 e. The van der Waals surface area contributed by atoms with Crippen molar-refractivity contribution in [1.29, 1.82) is 0 Å². The maximum absolute atomic E-state index is 12.3. The van der Waals surface area contributed by atoms with Gasteiger partial charge >= 0.3 is 42.4 Å². The van der Waals surface area contributed by atoms with Gasteiger partial charge in [0.2, 0.25) is 3.79 Å². The van der Waals surface area contributed by atoms with E-state index in [0.717, 1.165) is 66.8 Å². The van der Waals surface area contributed by atoms with Gasteiger partial charge in [-0.1, -0.05) is 202 Å². The molecule has 3 aliphatic rings. The van der Waals surface area contributed by atoms with Gasteiger partial charge < -0.3 is 55.3 Å². The summed E-state index contributed by atoms with van der Waals surface area (Å²) in [6, 6.07) is 45.5. The third-order valence-corrected chi connectivity index (χ3v) is 13.9. The van der Waals surface area contributed by atoms with E-state index in [0.29, 0.717) is 12.8 Å². The molecule has 7 N–H and O–H groups in total. The lowest BCUT2D eigenvalue weighted by Gasteiger charge is -2.19. The van der Waals surface area contributed by atoms with Crippen molar-refractivity contribution in [2.75, 3.05) is 39.6 Å². The Labute approximate surface area is 522 Å². The van der Waals surface area contributed by atoms with Crippen LogP contribution in [0.25, 0.3) is 33.4 Å². The van der Waals surface area contributed by atoms with Crippen molar-refractivity contribution >= 4 is 76.8 Å². The second-order valence-corrected chi connectivity index (χ2v) is 21.9. The van der Waals surface area contributed by atoms with Gasteiger partial charge in [0.05, 0.1) is 6.61 Å². The first kappa shape index (κ1) is 72.3. The van der Waals surface area contributed by atoms with Crippen LogP contribution in [-0.4, -0.2) is 130 Å². The highest BCUT2D eigenvalue weighted by Crippen LogP contribution is 2.47. The Balaban J connectivity index is 0.000000261. The summed E-state index contributed by atoms with van der Waals surface area (Å²) in [6.07, 6.45) is -6.58. The van der Waals surface area contributed by atoms with Gasteiger partial charge in [0, 0.05) is 24.4 Å². The van der Waals surface area contributed by atoms with Gasteiger partial charge in [-0.3, -0.25) is 4.79 Å². The maximum Gasteiger partial charge on any atom is 0.490 e. The molecule has 0 bridgehead atoms. The minimum absolute atomic E-state index is 0. The first-order chi connectivity index (χ1) is 41.4. The molecule has 0 unspecified atom stereocenters. The number of amides is 3. The van der Waals surface area contributed by atoms with Crippen LogP contribution in [0, 0.1) is 0 Å². The number of Topliss-reactive ketones (excluding diaryl/α,β-unsaturated/α-hetero) is 1. The molecule has 6 aromatic rings. The Morgan fingerprint density at radius 2 is 0.727 bits per heavy atom. The molecule has 0 aromatic heterocycles. The number of benzene rings is 6. The third-order valence-electron chi connectivity index (χ3n) is 13.6. The van der Waals surface area contributed by atoms with Crippen LogP contribution in [0.4, 0.5) is 27.6 Å². The summed E-state index contributed by atoms with van der Waals surface area (Å²) >= 11 is 16.7. The number of carbonyl (C=O) groups is 7. The van der Waals surface area contributed by atoms with Crippen LogP contribution in [-0.2, 0) is 38.1 Å². The van der Waals surface area contributed by atoms with Gasteiger partial charge in [0.25, 0.3) is 0 Å². The number of carboxylic acid groups (broad SMARTS) is 2. The highest BCUT2D eigenvalue weighted by molar-refractivity contribution is 6.67. The maximum atomic E-state index is 12.3. The molecule has 0 heterocycles. The lowest BCUT2D eigenvalue weighted by Crippen LogP contribution is -2.42. The van der Waals surface area contributed by atoms with Crippen molar-refractivity contribution in [3.05, 3.63) is 179 Å². The molecule has 0 saturated heterocycles. The third kappa shape index (κ3) is 20.2. The second kappa shape index (κ2) is 34.4. The molecule has 3 amide bonds. The van der Waals surface area contributed by atoms with E-state index in [9.17, 15) is 41.9 Å². The Hall–Kier alpha value is -8.21. The normalized spacial score (nSPS) is 13.2. The molecule has 0 radical (unpaired) electrons. The molecule has 24 heteroatoms. The molecule has 9 rings (SSSR count). The molecule has 18 nitrogen and oxygen atoms in total. The zero-order valence-corrected chi connectivity index (χ0v) is 49.8. The molecular weight excluding hydrogens is 1210 g/mol. The number of nitrogens with one attached hydrogen (secondary N) is 3. The summed E-state index contributed by atoms with van der Waals surface area (Å²) in [6.45, 7) is 6.32. The lowest BCUT2D eigenvalue weighted by molar-refractivity contribution is -0.192. The number of hydrogen-bond donors (Lipinski definition) is 7. The van der Waals surface area contributed by atoms with Crippen molar-refractivity contribution < 1.29 is 86.1 Å². The van der Waals surface area contributed by atoms with Gasteiger partial charge in [-0.15, -0.1) is 0 Å². The number of esters is 1. The van der Waals surface area contributed by atoms with E-state index in [2.05, 4.69) is 52.3 Å². The summed E-state index contributed by atoms with van der Waals surface area (Å²) in [5.74, 6) is -4.96.